The lowest BCUT2D eigenvalue weighted by atomic mass is 10.1. The third-order valence-corrected chi connectivity index (χ3v) is 5.31. The molecule has 0 radical (unpaired) electrons. The SMILES string of the molecule is CCC(CCN1c2ccccc2Oc2cc(/C(N)=N/O)ccc21)N(C)CC. The molecule has 0 fully saturated rings. The van der Waals surface area contributed by atoms with Crippen LogP contribution in [-0.2, 0) is 0 Å². The highest BCUT2D eigenvalue weighted by Gasteiger charge is 2.25. The Bertz CT molecular complexity index is 822. The van der Waals surface area contributed by atoms with Crippen molar-refractivity contribution >= 4 is 17.2 Å². The zero-order valence-corrected chi connectivity index (χ0v) is 16.2. The Morgan fingerprint density at radius 3 is 2.63 bits per heavy atom. The Morgan fingerprint density at radius 2 is 1.93 bits per heavy atom. The lowest BCUT2D eigenvalue weighted by Gasteiger charge is -2.35. The Kier molecular flexibility index (Phi) is 5.86. The maximum Gasteiger partial charge on any atom is 0.170 e. The van der Waals surface area contributed by atoms with Crippen LogP contribution in [0.25, 0.3) is 0 Å². The van der Waals surface area contributed by atoms with Crippen LogP contribution in [0.4, 0.5) is 11.4 Å². The molecule has 6 heteroatoms. The Labute approximate surface area is 160 Å². The van der Waals surface area contributed by atoms with Gasteiger partial charge in [0.2, 0.25) is 0 Å². The van der Waals surface area contributed by atoms with Gasteiger partial charge >= 0.3 is 0 Å². The maximum absolute atomic E-state index is 8.96. The Hall–Kier alpha value is -2.73. The fraction of sp³-hybridized carbons (Fsp3) is 0.381. The number of rotatable bonds is 7. The molecule has 1 heterocycles. The molecular formula is C21H28N4O2. The smallest absolute Gasteiger partial charge is 0.170 e. The summed E-state index contributed by atoms with van der Waals surface area (Å²) in [5.74, 6) is 1.61. The van der Waals surface area contributed by atoms with Crippen molar-refractivity contribution in [3.05, 3.63) is 48.0 Å². The molecule has 3 N–H and O–H groups in total. The molecule has 1 unspecified atom stereocenters. The molecule has 0 bridgehead atoms. The monoisotopic (exact) mass is 368 g/mol. The average molecular weight is 368 g/mol. The number of amidine groups is 1. The van der Waals surface area contributed by atoms with Crippen molar-refractivity contribution < 1.29 is 9.94 Å². The van der Waals surface area contributed by atoms with Gasteiger partial charge in [-0.25, -0.2) is 0 Å². The van der Waals surface area contributed by atoms with E-state index in [9.17, 15) is 0 Å². The van der Waals surface area contributed by atoms with Crippen LogP contribution in [0.3, 0.4) is 0 Å². The highest BCUT2D eigenvalue weighted by atomic mass is 16.5. The van der Waals surface area contributed by atoms with Gasteiger partial charge < -0.3 is 25.5 Å². The number of benzene rings is 2. The highest BCUT2D eigenvalue weighted by molar-refractivity contribution is 5.98. The number of nitrogens with two attached hydrogens (primary N) is 1. The van der Waals surface area contributed by atoms with Crippen molar-refractivity contribution in [2.24, 2.45) is 10.9 Å². The van der Waals surface area contributed by atoms with Crippen LogP contribution in [-0.4, -0.2) is 42.1 Å². The predicted octanol–water partition coefficient (Wildman–Crippen LogP) is 4.15. The quantitative estimate of drug-likeness (QED) is 0.332. The fourth-order valence-electron chi connectivity index (χ4n) is 3.56. The second-order valence-corrected chi connectivity index (χ2v) is 6.81. The second-order valence-electron chi connectivity index (χ2n) is 6.81. The summed E-state index contributed by atoms with van der Waals surface area (Å²) in [5, 5.41) is 12.0. The van der Waals surface area contributed by atoms with E-state index in [1.165, 1.54) is 0 Å². The van der Waals surface area contributed by atoms with Crippen LogP contribution in [0.2, 0.25) is 0 Å². The van der Waals surface area contributed by atoms with Crippen molar-refractivity contribution in [1.29, 1.82) is 0 Å². The predicted molar refractivity (Wildman–Crippen MR) is 109 cm³/mol. The minimum absolute atomic E-state index is 0.0717. The van der Waals surface area contributed by atoms with Crippen molar-refractivity contribution in [2.45, 2.75) is 32.7 Å². The van der Waals surface area contributed by atoms with Crippen molar-refractivity contribution in [1.82, 2.24) is 4.90 Å². The van der Waals surface area contributed by atoms with Crippen molar-refractivity contribution in [3.8, 4) is 11.5 Å². The van der Waals surface area contributed by atoms with Crippen LogP contribution in [0.5, 0.6) is 11.5 Å². The number of para-hydroxylation sites is 2. The van der Waals surface area contributed by atoms with E-state index >= 15 is 0 Å². The van der Waals surface area contributed by atoms with Gasteiger partial charge in [-0.2, -0.15) is 0 Å². The number of anilines is 2. The molecule has 1 aliphatic heterocycles. The molecule has 1 aliphatic rings. The number of hydrogen-bond donors (Lipinski definition) is 2. The van der Waals surface area contributed by atoms with E-state index in [4.69, 9.17) is 15.7 Å². The van der Waals surface area contributed by atoms with Gasteiger partial charge in [-0.3, -0.25) is 0 Å². The molecule has 1 atom stereocenters. The van der Waals surface area contributed by atoms with E-state index in [0.29, 0.717) is 11.6 Å². The molecule has 144 valence electrons. The summed E-state index contributed by atoms with van der Waals surface area (Å²) in [5.41, 5.74) is 8.44. The van der Waals surface area contributed by atoms with Crippen LogP contribution in [0.15, 0.2) is 47.6 Å². The van der Waals surface area contributed by atoms with E-state index in [1.807, 2.05) is 36.4 Å². The van der Waals surface area contributed by atoms with Gasteiger partial charge in [-0.1, -0.05) is 31.1 Å². The first-order valence-electron chi connectivity index (χ1n) is 9.45. The Balaban J connectivity index is 1.94. The zero-order chi connectivity index (χ0) is 19.4. The van der Waals surface area contributed by atoms with Gasteiger partial charge in [0.25, 0.3) is 0 Å². The first-order valence-corrected chi connectivity index (χ1v) is 9.45. The summed E-state index contributed by atoms with van der Waals surface area (Å²) in [6, 6.07) is 14.2. The summed E-state index contributed by atoms with van der Waals surface area (Å²) in [6.07, 6.45) is 2.17. The summed E-state index contributed by atoms with van der Waals surface area (Å²) >= 11 is 0. The number of oxime groups is 1. The third kappa shape index (κ3) is 3.85. The molecule has 0 amide bonds. The molecular weight excluding hydrogens is 340 g/mol. The van der Waals surface area contributed by atoms with Gasteiger partial charge in [0.05, 0.1) is 11.4 Å². The van der Waals surface area contributed by atoms with Crippen molar-refractivity contribution in [3.63, 3.8) is 0 Å². The number of ether oxygens (including phenoxy) is 1. The van der Waals surface area contributed by atoms with E-state index in [2.05, 4.69) is 41.9 Å². The molecule has 0 spiro atoms. The van der Waals surface area contributed by atoms with Crippen molar-refractivity contribution in [2.75, 3.05) is 25.0 Å². The summed E-state index contributed by atoms with van der Waals surface area (Å²) in [7, 11) is 2.18. The van der Waals surface area contributed by atoms with E-state index in [0.717, 1.165) is 48.8 Å². The third-order valence-electron chi connectivity index (χ3n) is 5.31. The lowest BCUT2D eigenvalue weighted by molar-refractivity contribution is 0.237. The molecule has 2 aromatic rings. The number of hydrogen-bond acceptors (Lipinski definition) is 5. The van der Waals surface area contributed by atoms with Gasteiger partial charge in [-0.05, 0) is 56.8 Å². The average Bonchev–Trinajstić information content (AvgIpc) is 2.71. The van der Waals surface area contributed by atoms with Crippen LogP contribution < -0.4 is 15.4 Å². The minimum Gasteiger partial charge on any atom is -0.453 e. The summed E-state index contributed by atoms with van der Waals surface area (Å²) in [4.78, 5) is 4.70. The molecule has 3 rings (SSSR count). The normalized spacial score (nSPS) is 14.5. The van der Waals surface area contributed by atoms with Gasteiger partial charge in [0.15, 0.2) is 17.3 Å². The zero-order valence-electron chi connectivity index (χ0n) is 16.2. The lowest BCUT2D eigenvalue weighted by Crippen LogP contribution is -2.34. The van der Waals surface area contributed by atoms with Crippen LogP contribution in [0, 0.1) is 0 Å². The van der Waals surface area contributed by atoms with Crippen LogP contribution in [0.1, 0.15) is 32.3 Å². The summed E-state index contributed by atoms with van der Waals surface area (Å²) in [6.45, 7) is 6.36. The standard InChI is InChI=1S/C21H28N4O2/c1-4-16(24(3)5-2)12-13-25-17-8-6-7-9-19(17)27-20-14-15(21(22)23-26)10-11-18(20)25/h6-11,14,16,26H,4-5,12-13H2,1-3H3,(H2,22,23). The van der Waals surface area contributed by atoms with Gasteiger partial charge in [-0.15, -0.1) is 0 Å². The first-order chi connectivity index (χ1) is 13.1. The molecule has 0 saturated heterocycles. The molecule has 27 heavy (non-hydrogen) atoms. The Morgan fingerprint density at radius 1 is 1.19 bits per heavy atom. The molecule has 0 aromatic heterocycles. The minimum atomic E-state index is 0.0717. The fourth-order valence-corrected chi connectivity index (χ4v) is 3.56. The maximum atomic E-state index is 8.96. The van der Waals surface area contributed by atoms with Crippen LogP contribution >= 0.6 is 0 Å². The first kappa shape index (κ1) is 19.0. The molecule has 6 nitrogen and oxygen atoms in total. The van der Waals surface area contributed by atoms with E-state index < -0.39 is 0 Å². The number of fused-ring (bicyclic) bond motifs is 2. The van der Waals surface area contributed by atoms with E-state index in [-0.39, 0.29) is 5.84 Å². The van der Waals surface area contributed by atoms with Gasteiger partial charge in [0, 0.05) is 18.2 Å². The highest BCUT2D eigenvalue weighted by Crippen LogP contribution is 2.46. The molecule has 2 aromatic carbocycles. The van der Waals surface area contributed by atoms with E-state index in [1.54, 1.807) is 0 Å². The second kappa shape index (κ2) is 8.31. The summed E-state index contributed by atoms with van der Waals surface area (Å²) < 4.78 is 6.10. The number of nitrogens with zero attached hydrogens (tertiary/aromatic N) is 3. The largest absolute Gasteiger partial charge is 0.453 e. The molecule has 0 saturated carbocycles. The molecule has 0 aliphatic carbocycles. The van der Waals surface area contributed by atoms with Gasteiger partial charge in [0.1, 0.15) is 0 Å². The topological polar surface area (TPSA) is 74.3 Å².